The molecule has 0 saturated heterocycles. The lowest BCUT2D eigenvalue weighted by molar-refractivity contribution is -0.113. The van der Waals surface area contributed by atoms with E-state index in [-0.39, 0.29) is 21.8 Å². The van der Waals surface area contributed by atoms with E-state index in [1.54, 1.807) is 57.4 Å². The van der Waals surface area contributed by atoms with Crippen LogP contribution in [-0.4, -0.2) is 52.7 Å². The van der Waals surface area contributed by atoms with Gasteiger partial charge in [-0.3, -0.25) is 9.78 Å². The minimum Gasteiger partial charge on any atom is -0.411 e. The van der Waals surface area contributed by atoms with Gasteiger partial charge in [0.15, 0.2) is 0 Å². The number of rotatable bonds is 9. The van der Waals surface area contributed by atoms with Crippen molar-refractivity contribution in [3.05, 3.63) is 48.3 Å². The molecule has 31 heavy (non-hydrogen) atoms. The molecule has 2 heterocycles. The molecular weight excluding hydrogens is 438 g/mol. The van der Waals surface area contributed by atoms with Gasteiger partial charge in [-0.15, -0.1) is 10.2 Å². The maximum absolute atomic E-state index is 12.9. The van der Waals surface area contributed by atoms with Crippen molar-refractivity contribution in [3.63, 3.8) is 0 Å². The van der Waals surface area contributed by atoms with Crippen LogP contribution in [0.4, 0.5) is 5.69 Å². The first-order valence-corrected chi connectivity index (χ1v) is 12.0. The molecule has 0 bridgehead atoms. The third-order valence-electron chi connectivity index (χ3n) is 4.46. The fraction of sp³-hybridized carbons (Fsp3) is 0.300. The summed E-state index contributed by atoms with van der Waals surface area (Å²) in [6, 6.07) is 8.33. The second-order valence-corrected chi connectivity index (χ2v) is 9.35. The molecule has 3 aromatic rings. The number of carbonyl (C=O) groups excluding carboxylic acids is 1. The monoisotopic (exact) mass is 461 g/mol. The summed E-state index contributed by atoms with van der Waals surface area (Å²) in [5, 5.41) is 10.9. The highest BCUT2D eigenvalue weighted by Crippen LogP contribution is 2.25. The van der Waals surface area contributed by atoms with Gasteiger partial charge in [0.2, 0.25) is 21.8 Å². The SMILES string of the molecule is CCN(CC)S(=O)(=O)c1cc(NC(=O)CSc2nnc(-c3ccncc3)o2)ccc1C. The first kappa shape index (κ1) is 22.9. The number of sulfonamides is 1. The molecule has 0 fully saturated rings. The molecule has 1 N–H and O–H groups in total. The topological polar surface area (TPSA) is 118 Å². The second kappa shape index (κ2) is 10.0. The summed E-state index contributed by atoms with van der Waals surface area (Å²) in [7, 11) is -3.63. The van der Waals surface area contributed by atoms with E-state index in [0.29, 0.717) is 30.2 Å². The molecule has 0 aliphatic heterocycles. The minimum absolute atomic E-state index is 0.0317. The highest BCUT2D eigenvalue weighted by atomic mass is 32.2. The number of anilines is 1. The molecular formula is C20H23N5O4S2. The highest BCUT2D eigenvalue weighted by Gasteiger charge is 2.24. The first-order chi connectivity index (χ1) is 14.8. The number of amides is 1. The van der Waals surface area contributed by atoms with E-state index in [9.17, 15) is 13.2 Å². The lowest BCUT2D eigenvalue weighted by Crippen LogP contribution is -2.31. The third kappa shape index (κ3) is 5.49. The number of carbonyl (C=O) groups is 1. The number of aryl methyl sites for hydroxylation is 1. The number of hydrogen-bond donors (Lipinski definition) is 1. The molecule has 0 saturated carbocycles. The number of hydrogen-bond acceptors (Lipinski definition) is 8. The van der Waals surface area contributed by atoms with Crippen molar-refractivity contribution >= 4 is 33.4 Å². The third-order valence-corrected chi connectivity index (χ3v) is 7.47. The summed E-state index contributed by atoms with van der Waals surface area (Å²) in [5.41, 5.74) is 1.76. The Labute approximate surface area is 185 Å². The van der Waals surface area contributed by atoms with Crippen molar-refractivity contribution in [1.29, 1.82) is 0 Å². The molecule has 164 valence electrons. The normalized spacial score (nSPS) is 11.6. The van der Waals surface area contributed by atoms with Gasteiger partial charge in [-0.25, -0.2) is 8.42 Å². The summed E-state index contributed by atoms with van der Waals surface area (Å²) in [6.45, 7) is 6.05. The smallest absolute Gasteiger partial charge is 0.277 e. The molecule has 0 atom stereocenters. The Kier molecular flexibility index (Phi) is 7.42. The van der Waals surface area contributed by atoms with Crippen LogP contribution in [0.25, 0.3) is 11.5 Å². The quantitative estimate of drug-likeness (QED) is 0.483. The van der Waals surface area contributed by atoms with Gasteiger partial charge in [-0.05, 0) is 36.8 Å². The molecule has 0 unspecified atom stereocenters. The van der Waals surface area contributed by atoms with Crippen molar-refractivity contribution < 1.29 is 17.6 Å². The van der Waals surface area contributed by atoms with Crippen LogP contribution < -0.4 is 5.32 Å². The van der Waals surface area contributed by atoms with E-state index in [2.05, 4.69) is 20.5 Å². The summed E-state index contributed by atoms with van der Waals surface area (Å²) >= 11 is 1.09. The fourth-order valence-electron chi connectivity index (χ4n) is 2.86. The van der Waals surface area contributed by atoms with Crippen LogP contribution in [0.2, 0.25) is 0 Å². The van der Waals surface area contributed by atoms with Crippen LogP contribution in [-0.2, 0) is 14.8 Å². The van der Waals surface area contributed by atoms with Gasteiger partial charge in [-0.2, -0.15) is 4.31 Å². The van der Waals surface area contributed by atoms with Gasteiger partial charge in [0.1, 0.15) is 0 Å². The zero-order valence-corrected chi connectivity index (χ0v) is 19.0. The average molecular weight is 462 g/mol. The van der Waals surface area contributed by atoms with E-state index in [4.69, 9.17) is 4.42 Å². The van der Waals surface area contributed by atoms with E-state index in [1.165, 1.54) is 10.4 Å². The summed E-state index contributed by atoms with van der Waals surface area (Å²) in [5.74, 6) is 0.0584. The molecule has 0 spiro atoms. The number of nitrogens with one attached hydrogen (secondary N) is 1. The summed E-state index contributed by atoms with van der Waals surface area (Å²) in [4.78, 5) is 16.5. The maximum Gasteiger partial charge on any atom is 0.277 e. The lowest BCUT2D eigenvalue weighted by atomic mass is 10.2. The predicted molar refractivity (Wildman–Crippen MR) is 118 cm³/mol. The minimum atomic E-state index is -3.63. The van der Waals surface area contributed by atoms with Crippen molar-refractivity contribution in [3.8, 4) is 11.5 Å². The molecule has 2 aromatic heterocycles. The second-order valence-electron chi connectivity index (χ2n) is 6.52. The standard InChI is InChI=1S/C20H23N5O4S2/c1-4-25(5-2)31(27,28)17-12-16(7-6-14(17)3)22-18(26)13-30-20-24-23-19(29-20)15-8-10-21-11-9-15/h6-12H,4-5,13H2,1-3H3,(H,22,26). The molecule has 0 aliphatic carbocycles. The molecule has 11 heteroatoms. The van der Waals surface area contributed by atoms with Crippen molar-refractivity contribution in [2.45, 2.75) is 30.9 Å². The van der Waals surface area contributed by atoms with Crippen LogP contribution in [0, 0.1) is 6.92 Å². The van der Waals surface area contributed by atoms with Crippen LogP contribution in [0.3, 0.4) is 0 Å². The van der Waals surface area contributed by atoms with Crippen LogP contribution >= 0.6 is 11.8 Å². The van der Waals surface area contributed by atoms with E-state index < -0.39 is 10.0 Å². The van der Waals surface area contributed by atoms with Gasteiger partial charge in [-0.1, -0.05) is 31.7 Å². The first-order valence-electron chi connectivity index (χ1n) is 9.62. The molecule has 0 radical (unpaired) electrons. The van der Waals surface area contributed by atoms with E-state index in [1.807, 2.05) is 0 Å². The largest absolute Gasteiger partial charge is 0.411 e. The van der Waals surface area contributed by atoms with E-state index in [0.717, 1.165) is 17.3 Å². The van der Waals surface area contributed by atoms with Crippen molar-refractivity contribution in [2.24, 2.45) is 0 Å². The Morgan fingerprint density at radius 2 is 1.84 bits per heavy atom. The zero-order chi connectivity index (χ0) is 22.4. The lowest BCUT2D eigenvalue weighted by Gasteiger charge is -2.20. The maximum atomic E-state index is 12.9. The molecule has 1 amide bonds. The van der Waals surface area contributed by atoms with Crippen molar-refractivity contribution in [1.82, 2.24) is 19.5 Å². The van der Waals surface area contributed by atoms with Gasteiger partial charge >= 0.3 is 0 Å². The molecule has 3 rings (SSSR count). The Hall–Kier alpha value is -2.76. The van der Waals surface area contributed by atoms with Gasteiger partial charge in [0.25, 0.3) is 5.22 Å². The van der Waals surface area contributed by atoms with Crippen LogP contribution in [0.15, 0.2) is 57.3 Å². The number of nitrogens with zero attached hydrogens (tertiary/aromatic N) is 4. The zero-order valence-electron chi connectivity index (χ0n) is 17.4. The number of aromatic nitrogens is 3. The Morgan fingerprint density at radius 3 is 2.52 bits per heavy atom. The van der Waals surface area contributed by atoms with Gasteiger partial charge in [0.05, 0.1) is 10.6 Å². The van der Waals surface area contributed by atoms with Gasteiger partial charge < -0.3 is 9.73 Å². The van der Waals surface area contributed by atoms with Gasteiger partial charge in [0, 0.05) is 36.7 Å². The summed E-state index contributed by atoms with van der Waals surface area (Å²) in [6.07, 6.45) is 3.24. The fourth-order valence-corrected chi connectivity index (χ4v) is 5.13. The van der Waals surface area contributed by atoms with Crippen molar-refractivity contribution in [2.75, 3.05) is 24.2 Å². The number of thioether (sulfide) groups is 1. The Morgan fingerprint density at radius 1 is 1.13 bits per heavy atom. The summed E-state index contributed by atoms with van der Waals surface area (Å²) < 4.78 is 32.7. The molecule has 9 nitrogen and oxygen atoms in total. The highest BCUT2D eigenvalue weighted by molar-refractivity contribution is 7.99. The Bertz CT molecular complexity index is 1150. The molecule has 1 aromatic carbocycles. The number of benzene rings is 1. The predicted octanol–water partition coefficient (Wildman–Crippen LogP) is 3.20. The Balaban J connectivity index is 1.66. The average Bonchev–Trinajstić information content (AvgIpc) is 3.24. The number of pyridine rings is 1. The molecule has 0 aliphatic rings. The van der Waals surface area contributed by atoms with Crippen LogP contribution in [0.5, 0.6) is 0 Å². The van der Waals surface area contributed by atoms with Crippen LogP contribution in [0.1, 0.15) is 19.4 Å². The van der Waals surface area contributed by atoms with E-state index >= 15 is 0 Å².